The monoisotopic (exact) mass is 321 g/mol. The lowest BCUT2D eigenvalue weighted by atomic mass is 9.98. The fourth-order valence-electron chi connectivity index (χ4n) is 1.96. The van der Waals surface area contributed by atoms with Crippen LogP contribution in [-0.4, -0.2) is 4.98 Å². The molecule has 0 aliphatic heterocycles. The van der Waals surface area contributed by atoms with Crippen LogP contribution in [0, 0.1) is 0 Å². The summed E-state index contributed by atoms with van der Waals surface area (Å²) in [5.41, 5.74) is 17.2. The lowest BCUT2D eigenvalue weighted by Crippen LogP contribution is -2.30. The van der Waals surface area contributed by atoms with Crippen LogP contribution in [0.2, 0.25) is 0 Å². The number of halogens is 1. The van der Waals surface area contributed by atoms with E-state index in [2.05, 4.69) is 26.3 Å². The van der Waals surface area contributed by atoms with Crippen LogP contribution in [0.1, 0.15) is 17.2 Å². The molecule has 7 N–H and O–H groups in total. The number of hydrogen-bond donors (Lipinski definition) is 4. The molecule has 0 spiro atoms. The third kappa shape index (κ3) is 3.44. The van der Waals surface area contributed by atoms with Crippen LogP contribution < -0.4 is 22.7 Å². The molecule has 1 aromatic carbocycles. The zero-order valence-electron chi connectivity index (χ0n) is 10.3. The maximum absolute atomic E-state index is 6.00. The molecule has 100 valence electrons. The Hall–Kier alpha value is -1.63. The summed E-state index contributed by atoms with van der Waals surface area (Å²) >= 11 is 3.44. The molecule has 1 heterocycles. The van der Waals surface area contributed by atoms with Crippen molar-refractivity contribution < 1.29 is 0 Å². The van der Waals surface area contributed by atoms with Crippen molar-refractivity contribution in [1.82, 2.24) is 10.4 Å². The Morgan fingerprint density at radius 3 is 2.68 bits per heavy atom. The van der Waals surface area contributed by atoms with Crippen molar-refractivity contribution in [3.8, 4) is 0 Å². The summed E-state index contributed by atoms with van der Waals surface area (Å²) in [5.74, 6) is 6.14. The molecule has 0 fully saturated rings. The minimum absolute atomic E-state index is 0.0840. The first-order valence-corrected chi connectivity index (χ1v) is 6.61. The van der Waals surface area contributed by atoms with Gasteiger partial charge in [0, 0.05) is 16.4 Å². The van der Waals surface area contributed by atoms with E-state index in [1.54, 1.807) is 6.20 Å². The van der Waals surface area contributed by atoms with Crippen LogP contribution in [0.4, 0.5) is 11.5 Å². The fraction of sp³-hybridized carbons (Fsp3) is 0.154. The van der Waals surface area contributed by atoms with E-state index in [-0.39, 0.29) is 6.04 Å². The van der Waals surface area contributed by atoms with Crippen LogP contribution in [0.25, 0.3) is 0 Å². The van der Waals surface area contributed by atoms with E-state index in [1.165, 1.54) is 0 Å². The van der Waals surface area contributed by atoms with Crippen molar-refractivity contribution in [3.63, 3.8) is 0 Å². The first kappa shape index (κ1) is 13.8. The van der Waals surface area contributed by atoms with Gasteiger partial charge < -0.3 is 11.5 Å². The molecule has 0 amide bonds. The van der Waals surface area contributed by atoms with Gasteiger partial charge in [0.15, 0.2) is 0 Å². The first-order chi connectivity index (χ1) is 9.10. The Morgan fingerprint density at radius 1 is 1.21 bits per heavy atom. The topological polar surface area (TPSA) is 103 Å². The van der Waals surface area contributed by atoms with E-state index < -0.39 is 0 Å². The molecule has 0 saturated heterocycles. The van der Waals surface area contributed by atoms with Gasteiger partial charge in [-0.1, -0.05) is 15.9 Å². The Bertz CT molecular complexity index is 573. The lowest BCUT2D eigenvalue weighted by molar-refractivity contribution is 0.553. The highest BCUT2D eigenvalue weighted by molar-refractivity contribution is 9.10. The fourth-order valence-corrected chi connectivity index (χ4v) is 2.34. The van der Waals surface area contributed by atoms with E-state index in [4.69, 9.17) is 17.3 Å². The Labute approximate surface area is 120 Å². The number of anilines is 2. The third-order valence-electron chi connectivity index (χ3n) is 2.91. The standard InChI is InChI=1S/C13H16BrN5/c14-9-1-2-11(15)10(7-9)12(19-17)5-8-3-4-18-13(16)6-8/h1-4,6-7,12,19H,5,15,17H2,(H2,16,18). The number of pyridine rings is 1. The number of rotatable bonds is 4. The molecule has 19 heavy (non-hydrogen) atoms. The second kappa shape index (κ2) is 6.01. The SMILES string of the molecule is NNC(Cc1ccnc(N)c1)c1cc(Br)ccc1N. The molecule has 1 unspecified atom stereocenters. The smallest absolute Gasteiger partial charge is 0.123 e. The molecule has 5 nitrogen and oxygen atoms in total. The van der Waals surface area contributed by atoms with E-state index in [9.17, 15) is 0 Å². The average Bonchev–Trinajstić information content (AvgIpc) is 2.39. The van der Waals surface area contributed by atoms with Gasteiger partial charge in [-0.15, -0.1) is 0 Å². The maximum Gasteiger partial charge on any atom is 0.123 e. The summed E-state index contributed by atoms with van der Waals surface area (Å²) in [6.07, 6.45) is 2.37. The van der Waals surface area contributed by atoms with E-state index >= 15 is 0 Å². The quantitative estimate of drug-likeness (QED) is 0.390. The highest BCUT2D eigenvalue weighted by Gasteiger charge is 2.14. The lowest BCUT2D eigenvalue weighted by Gasteiger charge is -2.18. The largest absolute Gasteiger partial charge is 0.398 e. The van der Waals surface area contributed by atoms with Crippen molar-refractivity contribution in [1.29, 1.82) is 0 Å². The number of nitrogens with two attached hydrogens (primary N) is 3. The summed E-state index contributed by atoms with van der Waals surface area (Å²) in [6, 6.07) is 9.37. The number of hydrogen-bond acceptors (Lipinski definition) is 5. The molecule has 2 rings (SSSR count). The molecule has 0 bridgehead atoms. The average molecular weight is 322 g/mol. The van der Waals surface area contributed by atoms with E-state index in [0.717, 1.165) is 15.6 Å². The first-order valence-electron chi connectivity index (χ1n) is 5.81. The van der Waals surface area contributed by atoms with E-state index in [0.29, 0.717) is 17.9 Å². The molecular formula is C13H16BrN5. The molecule has 1 aromatic heterocycles. The van der Waals surface area contributed by atoms with Gasteiger partial charge in [-0.3, -0.25) is 11.3 Å². The zero-order chi connectivity index (χ0) is 13.8. The van der Waals surface area contributed by atoms with Crippen LogP contribution >= 0.6 is 15.9 Å². The van der Waals surface area contributed by atoms with Gasteiger partial charge >= 0.3 is 0 Å². The molecule has 1 atom stereocenters. The number of aromatic nitrogens is 1. The minimum Gasteiger partial charge on any atom is -0.398 e. The summed E-state index contributed by atoms with van der Waals surface area (Å²) < 4.78 is 0.964. The van der Waals surface area contributed by atoms with Gasteiger partial charge in [0.25, 0.3) is 0 Å². The summed E-state index contributed by atoms with van der Waals surface area (Å²) in [4.78, 5) is 3.97. The van der Waals surface area contributed by atoms with Gasteiger partial charge in [-0.2, -0.15) is 0 Å². The number of hydrazine groups is 1. The molecule has 0 radical (unpaired) electrons. The number of nitrogens with zero attached hydrogens (tertiary/aromatic N) is 1. The van der Waals surface area contributed by atoms with Crippen LogP contribution in [0.5, 0.6) is 0 Å². The van der Waals surface area contributed by atoms with Gasteiger partial charge in [0.05, 0.1) is 6.04 Å². The third-order valence-corrected chi connectivity index (χ3v) is 3.40. The molecule has 0 aliphatic carbocycles. The van der Waals surface area contributed by atoms with Gasteiger partial charge in [0.2, 0.25) is 0 Å². The Morgan fingerprint density at radius 2 is 2.00 bits per heavy atom. The summed E-state index contributed by atoms with van der Waals surface area (Å²) in [6.45, 7) is 0. The molecule has 0 aliphatic rings. The van der Waals surface area contributed by atoms with Crippen LogP contribution in [0.3, 0.4) is 0 Å². The Kier molecular flexibility index (Phi) is 4.36. The zero-order valence-corrected chi connectivity index (χ0v) is 11.9. The maximum atomic E-state index is 6.00. The number of benzene rings is 1. The van der Waals surface area contributed by atoms with Crippen molar-refractivity contribution in [2.45, 2.75) is 12.5 Å². The summed E-state index contributed by atoms with van der Waals surface area (Å²) in [5, 5.41) is 0. The molecule has 2 aromatic rings. The molecule has 0 saturated carbocycles. The highest BCUT2D eigenvalue weighted by Crippen LogP contribution is 2.26. The predicted molar refractivity (Wildman–Crippen MR) is 81.0 cm³/mol. The second-order valence-corrected chi connectivity index (χ2v) is 5.20. The van der Waals surface area contributed by atoms with Gasteiger partial charge in [0.1, 0.15) is 5.82 Å². The number of nitrogen functional groups attached to an aromatic ring is 2. The van der Waals surface area contributed by atoms with Crippen molar-refractivity contribution in [3.05, 3.63) is 52.1 Å². The minimum atomic E-state index is -0.0840. The van der Waals surface area contributed by atoms with Crippen LogP contribution in [-0.2, 0) is 6.42 Å². The number of nitrogens with one attached hydrogen (secondary N) is 1. The normalized spacial score (nSPS) is 12.3. The van der Waals surface area contributed by atoms with Crippen molar-refractivity contribution in [2.24, 2.45) is 5.84 Å². The predicted octanol–water partition coefficient (Wildman–Crippen LogP) is 1.76. The van der Waals surface area contributed by atoms with Crippen molar-refractivity contribution in [2.75, 3.05) is 11.5 Å². The summed E-state index contributed by atoms with van der Waals surface area (Å²) in [7, 11) is 0. The van der Waals surface area contributed by atoms with Crippen molar-refractivity contribution >= 4 is 27.4 Å². The molecule has 6 heteroatoms. The van der Waals surface area contributed by atoms with Crippen LogP contribution in [0.15, 0.2) is 41.0 Å². The van der Waals surface area contributed by atoms with Gasteiger partial charge in [-0.25, -0.2) is 4.98 Å². The van der Waals surface area contributed by atoms with Gasteiger partial charge in [-0.05, 0) is 47.9 Å². The highest BCUT2D eigenvalue weighted by atomic mass is 79.9. The molecular weight excluding hydrogens is 306 g/mol. The van der Waals surface area contributed by atoms with E-state index in [1.807, 2.05) is 30.3 Å². The second-order valence-electron chi connectivity index (χ2n) is 4.29. The Balaban J connectivity index is 2.27.